The van der Waals surface area contributed by atoms with Crippen LogP contribution in [-0.2, 0) is 16.4 Å². The van der Waals surface area contributed by atoms with Crippen LogP contribution in [0.2, 0.25) is 5.02 Å². The van der Waals surface area contributed by atoms with E-state index >= 15 is 0 Å². The van der Waals surface area contributed by atoms with Gasteiger partial charge in [0.15, 0.2) is 0 Å². The normalized spacial score (nSPS) is 15.6. The van der Waals surface area contributed by atoms with Gasteiger partial charge in [-0.1, -0.05) is 23.7 Å². The first-order chi connectivity index (χ1) is 14.7. The van der Waals surface area contributed by atoms with Crippen molar-refractivity contribution in [2.24, 2.45) is 0 Å². The fourth-order valence-corrected chi connectivity index (χ4v) is 5.73. The number of amides is 1. The number of carbonyl (C=O) groups excluding carboxylic acids is 1. The fraction of sp³-hybridized carbons (Fsp3) is 0.208. The van der Waals surface area contributed by atoms with Crippen LogP contribution in [0.4, 0.5) is 11.4 Å². The van der Waals surface area contributed by atoms with Crippen LogP contribution in [0, 0.1) is 13.8 Å². The summed E-state index contributed by atoms with van der Waals surface area (Å²) in [7, 11) is -3.74. The predicted molar refractivity (Wildman–Crippen MR) is 125 cm³/mol. The highest BCUT2D eigenvalue weighted by Gasteiger charge is 2.36. The van der Waals surface area contributed by atoms with Crippen LogP contribution in [0.5, 0.6) is 0 Å². The van der Waals surface area contributed by atoms with Gasteiger partial charge in [0.1, 0.15) is 0 Å². The Morgan fingerprint density at radius 2 is 1.77 bits per heavy atom. The van der Waals surface area contributed by atoms with E-state index in [4.69, 9.17) is 11.6 Å². The predicted octanol–water partition coefficient (Wildman–Crippen LogP) is 5.35. The van der Waals surface area contributed by atoms with Crippen LogP contribution in [-0.4, -0.2) is 20.4 Å². The van der Waals surface area contributed by atoms with E-state index in [0.717, 1.165) is 22.4 Å². The summed E-state index contributed by atoms with van der Waals surface area (Å²) in [4.78, 5) is 13.0. The van der Waals surface area contributed by atoms with Crippen molar-refractivity contribution < 1.29 is 13.2 Å². The number of fused-ring (bicyclic) bond motifs is 1. The highest BCUT2D eigenvalue weighted by molar-refractivity contribution is 7.92. The lowest BCUT2D eigenvalue weighted by molar-refractivity contribution is 0.102. The van der Waals surface area contributed by atoms with E-state index in [2.05, 4.69) is 5.32 Å². The van der Waals surface area contributed by atoms with Crippen molar-refractivity contribution >= 4 is 38.9 Å². The van der Waals surface area contributed by atoms with Gasteiger partial charge in [-0.05, 0) is 92.4 Å². The Kier molecular flexibility index (Phi) is 5.54. The summed E-state index contributed by atoms with van der Waals surface area (Å²) in [5, 5.41) is 3.44. The summed E-state index contributed by atoms with van der Waals surface area (Å²) < 4.78 is 27.9. The maximum Gasteiger partial charge on any atom is 0.264 e. The molecule has 4 rings (SSSR count). The van der Waals surface area contributed by atoms with Crippen molar-refractivity contribution in [3.8, 4) is 0 Å². The second-order valence-electron chi connectivity index (χ2n) is 7.85. The van der Waals surface area contributed by atoms with E-state index in [1.54, 1.807) is 30.3 Å². The molecule has 0 saturated heterocycles. The average Bonchev–Trinajstić information content (AvgIpc) is 3.07. The number of nitrogens with zero attached hydrogens (tertiary/aromatic N) is 1. The highest BCUT2D eigenvalue weighted by atomic mass is 35.5. The molecular formula is C24H23ClN2O3S. The standard InChI is InChI=1S/C24H23ClN2O3S/c1-15-5-4-6-22(17(15)3)26-24(28)18-7-12-23-19(14-18)13-16(2)27(23)31(29,30)21-10-8-20(25)9-11-21/h4-12,14,16H,13H2,1-3H3,(H,26,28)/t16-/m1/s1. The molecule has 3 aromatic rings. The van der Waals surface area contributed by atoms with Gasteiger partial charge in [0.2, 0.25) is 0 Å². The number of nitrogens with one attached hydrogen (secondary N) is 1. The van der Waals surface area contributed by atoms with E-state index < -0.39 is 10.0 Å². The Morgan fingerprint density at radius 1 is 1.06 bits per heavy atom. The smallest absolute Gasteiger partial charge is 0.264 e. The molecule has 0 bridgehead atoms. The third-order valence-corrected chi connectivity index (χ3v) is 7.91. The van der Waals surface area contributed by atoms with E-state index in [1.165, 1.54) is 16.4 Å². The minimum Gasteiger partial charge on any atom is -0.322 e. The van der Waals surface area contributed by atoms with Gasteiger partial charge < -0.3 is 5.32 Å². The molecule has 3 aromatic carbocycles. The van der Waals surface area contributed by atoms with Gasteiger partial charge in [-0.25, -0.2) is 8.42 Å². The molecule has 31 heavy (non-hydrogen) atoms. The molecule has 1 N–H and O–H groups in total. The van der Waals surface area contributed by atoms with Crippen LogP contribution in [0.1, 0.15) is 34.0 Å². The van der Waals surface area contributed by atoms with Crippen molar-refractivity contribution in [2.75, 3.05) is 9.62 Å². The number of benzene rings is 3. The SMILES string of the molecule is Cc1cccc(NC(=O)c2ccc3c(c2)C[C@@H](C)N3S(=O)(=O)c2ccc(Cl)cc2)c1C. The zero-order valence-corrected chi connectivity index (χ0v) is 19.1. The van der Waals surface area contributed by atoms with Crippen LogP contribution in [0.25, 0.3) is 0 Å². The Bertz CT molecular complexity index is 1270. The van der Waals surface area contributed by atoms with Crippen molar-refractivity contribution in [3.05, 3.63) is 87.9 Å². The van der Waals surface area contributed by atoms with E-state index in [1.807, 2.05) is 39.0 Å². The second kappa shape index (κ2) is 8.02. The maximum atomic E-state index is 13.3. The number of carbonyl (C=O) groups is 1. The van der Waals surface area contributed by atoms with Crippen molar-refractivity contribution in [3.63, 3.8) is 0 Å². The minimum absolute atomic E-state index is 0.188. The molecule has 5 nitrogen and oxygen atoms in total. The number of hydrogen-bond donors (Lipinski definition) is 1. The third kappa shape index (κ3) is 3.93. The number of halogens is 1. The number of hydrogen-bond acceptors (Lipinski definition) is 3. The molecule has 160 valence electrons. The molecule has 0 aromatic heterocycles. The molecule has 0 aliphatic carbocycles. The van der Waals surface area contributed by atoms with Crippen LogP contribution >= 0.6 is 11.6 Å². The summed E-state index contributed by atoms with van der Waals surface area (Å²) >= 11 is 5.91. The van der Waals surface area contributed by atoms with Crippen molar-refractivity contribution in [2.45, 2.75) is 38.1 Å². The summed E-state index contributed by atoms with van der Waals surface area (Å²) in [6.45, 7) is 5.83. The minimum atomic E-state index is -3.74. The topological polar surface area (TPSA) is 66.5 Å². The quantitative estimate of drug-likeness (QED) is 0.577. The molecule has 0 fully saturated rings. The Balaban J connectivity index is 1.64. The largest absolute Gasteiger partial charge is 0.322 e. The number of aryl methyl sites for hydroxylation is 1. The molecule has 0 spiro atoms. The van der Waals surface area contributed by atoms with Crippen LogP contribution in [0.3, 0.4) is 0 Å². The first-order valence-electron chi connectivity index (χ1n) is 9.99. The van der Waals surface area contributed by atoms with Gasteiger partial charge in [-0.2, -0.15) is 0 Å². The summed E-state index contributed by atoms with van der Waals surface area (Å²) in [5.41, 5.74) is 4.82. The Morgan fingerprint density at radius 3 is 2.48 bits per heavy atom. The molecule has 0 unspecified atom stereocenters. The van der Waals surface area contributed by atoms with Crippen LogP contribution in [0.15, 0.2) is 65.6 Å². The summed E-state index contributed by atoms with van der Waals surface area (Å²) in [5.74, 6) is -0.219. The Labute approximate surface area is 187 Å². The van der Waals surface area contributed by atoms with Gasteiger partial charge in [0.05, 0.1) is 10.6 Å². The molecule has 1 aliphatic rings. The lowest BCUT2D eigenvalue weighted by atomic mass is 10.1. The molecule has 1 aliphatic heterocycles. The average molecular weight is 455 g/mol. The molecule has 7 heteroatoms. The van der Waals surface area contributed by atoms with Gasteiger partial charge in [-0.3, -0.25) is 9.10 Å². The number of anilines is 2. The number of sulfonamides is 1. The Hall–Kier alpha value is -2.83. The van der Waals surface area contributed by atoms with Gasteiger partial charge >= 0.3 is 0 Å². The van der Waals surface area contributed by atoms with E-state index in [0.29, 0.717) is 22.7 Å². The van der Waals surface area contributed by atoms with Gasteiger partial charge in [0.25, 0.3) is 15.9 Å². The van der Waals surface area contributed by atoms with Gasteiger partial charge in [0, 0.05) is 22.3 Å². The number of rotatable bonds is 4. The van der Waals surface area contributed by atoms with E-state index in [9.17, 15) is 13.2 Å². The van der Waals surface area contributed by atoms with E-state index in [-0.39, 0.29) is 16.8 Å². The zero-order chi connectivity index (χ0) is 22.3. The lowest BCUT2D eigenvalue weighted by Crippen LogP contribution is -2.35. The monoisotopic (exact) mass is 454 g/mol. The maximum absolute atomic E-state index is 13.3. The molecule has 0 saturated carbocycles. The fourth-order valence-electron chi connectivity index (χ4n) is 3.91. The molecule has 1 amide bonds. The second-order valence-corrected chi connectivity index (χ2v) is 10.1. The highest BCUT2D eigenvalue weighted by Crippen LogP contribution is 2.37. The summed E-state index contributed by atoms with van der Waals surface area (Å²) in [6.07, 6.45) is 0.534. The lowest BCUT2D eigenvalue weighted by Gasteiger charge is -2.24. The van der Waals surface area contributed by atoms with Crippen molar-refractivity contribution in [1.82, 2.24) is 0 Å². The van der Waals surface area contributed by atoms with Crippen molar-refractivity contribution in [1.29, 1.82) is 0 Å². The molecule has 1 heterocycles. The first kappa shape index (κ1) is 21.4. The van der Waals surface area contributed by atoms with Gasteiger partial charge in [-0.15, -0.1) is 0 Å². The molecular weight excluding hydrogens is 432 g/mol. The summed E-state index contributed by atoms with van der Waals surface area (Å²) in [6, 6.07) is 16.8. The first-order valence-corrected chi connectivity index (χ1v) is 11.8. The molecule has 1 atom stereocenters. The zero-order valence-electron chi connectivity index (χ0n) is 17.5. The van der Waals surface area contributed by atoms with Crippen LogP contribution < -0.4 is 9.62 Å². The third-order valence-electron chi connectivity index (χ3n) is 5.72. The molecule has 0 radical (unpaired) electrons.